The largest absolute Gasteiger partial charge is 0.271 e. The second-order valence-corrected chi connectivity index (χ2v) is 5.27. The van der Waals surface area contributed by atoms with Crippen LogP contribution in [0.1, 0.15) is 17.3 Å². The maximum atomic E-state index is 5.77. The van der Waals surface area contributed by atoms with Crippen LogP contribution in [-0.2, 0) is 0 Å². The molecule has 0 amide bonds. The van der Waals surface area contributed by atoms with Crippen LogP contribution in [0, 0.1) is 0 Å². The third-order valence-electron chi connectivity index (χ3n) is 3.26. The van der Waals surface area contributed by atoms with Crippen LogP contribution in [0.15, 0.2) is 59.5 Å². The van der Waals surface area contributed by atoms with Crippen molar-refractivity contribution in [1.29, 1.82) is 0 Å². The van der Waals surface area contributed by atoms with Crippen LogP contribution < -0.4 is 11.3 Å². The molecule has 1 aromatic carbocycles. The zero-order valence-electron chi connectivity index (χ0n) is 10.6. The smallest absolute Gasteiger partial charge is 0.0899 e. The number of nitrogens with one attached hydrogen (secondary N) is 1. The molecular formula is C15H13BrN4. The summed E-state index contributed by atoms with van der Waals surface area (Å²) in [5.74, 6) is 5.77. The molecule has 0 saturated heterocycles. The van der Waals surface area contributed by atoms with Crippen molar-refractivity contribution in [1.82, 2.24) is 15.4 Å². The van der Waals surface area contributed by atoms with E-state index in [1.54, 1.807) is 12.4 Å². The van der Waals surface area contributed by atoms with E-state index in [2.05, 4.69) is 37.4 Å². The van der Waals surface area contributed by atoms with Gasteiger partial charge in [-0.15, -0.1) is 0 Å². The molecule has 1 atom stereocenters. The lowest BCUT2D eigenvalue weighted by molar-refractivity contribution is 0.622. The number of nitrogens with two attached hydrogens (primary N) is 1. The molecule has 20 heavy (non-hydrogen) atoms. The molecule has 1 unspecified atom stereocenters. The number of fused-ring (bicyclic) bond motifs is 1. The molecule has 3 N–H and O–H groups in total. The van der Waals surface area contributed by atoms with E-state index in [0.717, 1.165) is 26.5 Å². The first kappa shape index (κ1) is 13.2. The van der Waals surface area contributed by atoms with Gasteiger partial charge in [-0.1, -0.05) is 18.2 Å². The van der Waals surface area contributed by atoms with E-state index >= 15 is 0 Å². The van der Waals surface area contributed by atoms with Gasteiger partial charge in [-0.25, -0.2) is 5.43 Å². The van der Waals surface area contributed by atoms with Gasteiger partial charge in [0.05, 0.1) is 11.7 Å². The summed E-state index contributed by atoms with van der Waals surface area (Å²) < 4.78 is 0.920. The normalized spacial score (nSPS) is 12.5. The highest BCUT2D eigenvalue weighted by Gasteiger charge is 2.18. The van der Waals surface area contributed by atoms with Gasteiger partial charge in [-0.05, 0) is 45.1 Å². The molecule has 0 radical (unpaired) electrons. The predicted octanol–water partition coefficient (Wildman–Crippen LogP) is 2.95. The number of nitrogens with zero attached hydrogens (tertiary/aromatic N) is 2. The molecule has 3 rings (SSSR count). The fourth-order valence-corrected chi connectivity index (χ4v) is 2.80. The molecule has 0 saturated carbocycles. The van der Waals surface area contributed by atoms with Crippen molar-refractivity contribution in [2.24, 2.45) is 5.84 Å². The van der Waals surface area contributed by atoms with E-state index in [0.29, 0.717) is 0 Å². The highest BCUT2D eigenvalue weighted by atomic mass is 79.9. The molecule has 2 heterocycles. The lowest BCUT2D eigenvalue weighted by Crippen LogP contribution is -2.30. The highest BCUT2D eigenvalue weighted by Crippen LogP contribution is 2.30. The fourth-order valence-electron chi connectivity index (χ4n) is 2.32. The number of hydrazine groups is 1. The van der Waals surface area contributed by atoms with Crippen molar-refractivity contribution in [2.45, 2.75) is 6.04 Å². The molecule has 0 aliphatic heterocycles. The molecule has 0 aliphatic carbocycles. The Hall–Kier alpha value is -1.82. The summed E-state index contributed by atoms with van der Waals surface area (Å²) in [4.78, 5) is 8.63. The Balaban J connectivity index is 2.20. The number of rotatable bonds is 3. The predicted molar refractivity (Wildman–Crippen MR) is 82.8 cm³/mol. The summed E-state index contributed by atoms with van der Waals surface area (Å²) in [5, 5.41) is 2.19. The lowest BCUT2D eigenvalue weighted by atomic mass is 9.98. The number of halogens is 1. The number of pyridine rings is 2. The second-order valence-electron chi connectivity index (χ2n) is 4.41. The third kappa shape index (κ3) is 2.31. The average molecular weight is 329 g/mol. The van der Waals surface area contributed by atoms with Crippen molar-refractivity contribution < 1.29 is 0 Å². The van der Waals surface area contributed by atoms with Gasteiger partial charge in [0.15, 0.2) is 0 Å². The summed E-state index contributed by atoms with van der Waals surface area (Å²) in [6.45, 7) is 0. The monoisotopic (exact) mass is 328 g/mol. The van der Waals surface area contributed by atoms with E-state index in [1.807, 2.05) is 36.5 Å². The van der Waals surface area contributed by atoms with Crippen LogP contribution >= 0.6 is 15.9 Å². The van der Waals surface area contributed by atoms with E-state index in [4.69, 9.17) is 5.84 Å². The van der Waals surface area contributed by atoms with Gasteiger partial charge in [-0.3, -0.25) is 15.8 Å². The van der Waals surface area contributed by atoms with Crippen LogP contribution in [-0.4, -0.2) is 9.97 Å². The van der Waals surface area contributed by atoms with E-state index in [1.165, 1.54) is 0 Å². The Morgan fingerprint density at radius 1 is 1.10 bits per heavy atom. The molecule has 2 aromatic heterocycles. The number of benzene rings is 1. The highest BCUT2D eigenvalue weighted by molar-refractivity contribution is 9.10. The molecule has 5 heteroatoms. The maximum Gasteiger partial charge on any atom is 0.0899 e. The van der Waals surface area contributed by atoms with Gasteiger partial charge in [0, 0.05) is 28.4 Å². The molecule has 4 nitrogen and oxygen atoms in total. The van der Waals surface area contributed by atoms with E-state index in [9.17, 15) is 0 Å². The van der Waals surface area contributed by atoms with Crippen LogP contribution in [0.4, 0.5) is 0 Å². The molecule has 3 aromatic rings. The van der Waals surface area contributed by atoms with Gasteiger partial charge < -0.3 is 0 Å². The van der Waals surface area contributed by atoms with Gasteiger partial charge in [0.1, 0.15) is 0 Å². The first-order valence-electron chi connectivity index (χ1n) is 6.20. The van der Waals surface area contributed by atoms with Crippen molar-refractivity contribution in [3.05, 3.63) is 70.7 Å². The van der Waals surface area contributed by atoms with Crippen LogP contribution in [0.2, 0.25) is 0 Å². The van der Waals surface area contributed by atoms with Crippen molar-refractivity contribution >= 4 is 26.7 Å². The van der Waals surface area contributed by atoms with Gasteiger partial charge in [-0.2, -0.15) is 0 Å². The minimum atomic E-state index is -0.196. The molecule has 0 fully saturated rings. The quantitative estimate of drug-likeness (QED) is 0.573. The Labute approximate surface area is 125 Å². The molecule has 0 spiro atoms. The SMILES string of the molecule is NNC(c1ncccc1Br)c1cccc2ccncc12. The van der Waals surface area contributed by atoms with Gasteiger partial charge in [0.2, 0.25) is 0 Å². The van der Waals surface area contributed by atoms with Gasteiger partial charge in [0.25, 0.3) is 0 Å². The maximum absolute atomic E-state index is 5.77. The first-order valence-corrected chi connectivity index (χ1v) is 6.99. The Morgan fingerprint density at radius 3 is 2.80 bits per heavy atom. The fraction of sp³-hybridized carbons (Fsp3) is 0.0667. The Kier molecular flexibility index (Phi) is 3.73. The molecule has 0 aliphatic rings. The minimum absolute atomic E-state index is 0.196. The van der Waals surface area contributed by atoms with Crippen molar-refractivity contribution in [3.63, 3.8) is 0 Å². The second kappa shape index (κ2) is 5.66. The lowest BCUT2D eigenvalue weighted by Gasteiger charge is -2.18. The van der Waals surface area contributed by atoms with E-state index in [-0.39, 0.29) is 6.04 Å². The average Bonchev–Trinajstić information content (AvgIpc) is 2.50. The van der Waals surface area contributed by atoms with Crippen molar-refractivity contribution in [3.8, 4) is 0 Å². The summed E-state index contributed by atoms with van der Waals surface area (Å²) in [5.41, 5.74) is 4.75. The Bertz CT molecular complexity index is 739. The zero-order chi connectivity index (χ0) is 13.9. The van der Waals surface area contributed by atoms with Crippen molar-refractivity contribution in [2.75, 3.05) is 0 Å². The molecule has 0 bridgehead atoms. The van der Waals surface area contributed by atoms with Crippen LogP contribution in [0.5, 0.6) is 0 Å². The first-order chi connectivity index (χ1) is 9.81. The standard InChI is InChI=1S/C15H13BrN4/c16-13-5-2-7-19-15(13)14(20-17)11-4-1-3-10-6-8-18-9-12(10)11/h1-9,14,20H,17H2. The van der Waals surface area contributed by atoms with Gasteiger partial charge >= 0.3 is 0 Å². The summed E-state index contributed by atoms with van der Waals surface area (Å²) in [6.07, 6.45) is 5.40. The Morgan fingerprint density at radius 2 is 2.00 bits per heavy atom. The zero-order valence-corrected chi connectivity index (χ0v) is 12.2. The number of hydrogen-bond donors (Lipinski definition) is 2. The van der Waals surface area contributed by atoms with Crippen LogP contribution in [0.3, 0.4) is 0 Å². The molecule has 100 valence electrons. The number of aromatic nitrogens is 2. The van der Waals surface area contributed by atoms with E-state index < -0.39 is 0 Å². The number of hydrogen-bond acceptors (Lipinski definition) is 4. The summed E-state index contributed by atoms with van der Waals surface area (Å²) in [7, 11) is 0. The minimum Gasteiger partial charge on any atom is -0.271 e. The third-order valence-corrected chi connectivity index (χ3v) is 3.93. The summed E-state index contributed by atoms with van der Waals surface area (Å²) in [6, 6.07) is 11.7. The van der Waals surface area contributed by atoms with Crippen LogP contribution in [0.25, 0.3) is 10.8 Å². The summed E-state index contributed by atoms with van der Waals surface area (Å²) >= 11 is 3.53. The molecular weight excluding hydrogens is 316 g/mol. The topological polar surface area (TPSA) is 63.8 Å².